The molecule has 5 heteroatoms. The average molecular weight is 279 g/mol. The molecule has 1 heterocycles. The summed E-state index contributed by atoms with van der Waals surface area (Å²) in [5.74, 6) is -0.872. The molecule has 0 unspecified atom stereocenters. The minimum Gasteiger partial charge on any atom is -0.355 e. The first kappa shape index (κ1) is 14.9. The predicted molar refractivity (Wildman–Crippen MR) is 77.1 cm³/mol. The Morgan fingerprint density at radius 3 is 2.70 bits per heavy atom. The molecule has 1 aliphatic heterocycles. The van der Waals surface area contributed by atoms with Crippen molar-refractivity contribution in [3.05, 3.63) is 35.1 Å². The third kappa shape index (κ3) is 3.35. The molecule has 1 amide bonds. The van der Waals surface area contributed by atoms with Crippen molar-refractivity contribution < 1.29 is 9.18 Å². The summed E-state index contributed by atoms with van der Waals surface area (Å²) in [4.78, 5) is 13.8. The van der Waals surface area contributed by atoms with E-state index < -0.39 is 11.7 Å². The monoisotopic (exact) mass is 279 g/mol. The number of halogens is 1. The van der Waals surface area contributed by atoms with Gasteiger partial charge in [0.15, 0.2) is 0 Å². The van der Waals surface area contributed by atoms with E-state index in [4.69, 9.17) is 5.73 Å². The van der Waals surface area contributed by atoms with E-state index in [1.54, 1.807) is 6.07 Å². The summed E-state index contributed by atoms with van der Waals surface area (Å²) >= 11 is 0. The van der Waals surface area contributed by atoms with Crippen molar-refractivity contribution in [2.75, 3.05) is 26.7 Å². The van der Waals surface area contributed by atoms with Crippen molar-refractivity contribution in [3.63, 3.8) is 0 Å². The van der Waals surface area contributed by atoms with E-state index in [1.807, 2.05) is 6.07 Å². The summed E-state index contributed by atoms with van der Waals surface area (Å²) in [6.45, 7) is 2.71. The van der Waals surface area contributed by atoms with Crippen molar-refractivity contribution in [2.45, 2.75) is 25.3 Å². The molecule has 3 N–H and O–H groups in total. The topological polar surface area (TPSA) is 58.4 Å². The van der Waals surface area contributed by atoms with E-state index in [9.17, 15) is 9.18 Å². The van der Waals surface area contributed by atoms with Crippen LogP contribution in [0.3, 0.4) is 0 Å². The Labute approximate surface area is 119 Å². The lowest BCUT2D eigenvalue weighted by atomic mass is 10.0. The molecule has 1 aromatic rings. The molecule has 1 aromatic carbocycles. The van der Waals surface area contributed by atoms with Gasteiger partial charge in [0.05, 0.1) is 5.56 Å². The molecule has 0 saturated carbocycles. The maximum absolute atomic E-state index is 13.9. The zero-order valence-corrected chi connectivity index (χ0v) is 11.9. The highest BCUT2D eigenvalue weighted by Crippen LogP contribution is 2.17. The fraction of sp³-hybridized carbons (Fsp3) is 0.533. The van der Waals surface area contributed by atoms with Gasteiger partial charge >= 0.3 is 0 Å². The van der Waals surface area contributed by atoms with Crippen LogP contribution in [0.1, 0.15) is 28.8 Å². The Balaban J connectivity index is 2.08. The van der Waals surface area contributed by atoms with Gasteiger partial charge in [0.2, 0.25) is 0 Å². The van der Waals surface area contributed by atoms with Gasteiger partial charge in [0.1, 0.15) is 5.82 Å². The number of nitrogens with zero attached hydrogens (tertiary/aromatic N) is 1. The minimum atomic E-state index is -0.473. The Morgan fingerprint density at radius 1 is 1.45 bits per heavy atom. The second-order valence-corrected chi connectivity index (χ2v) is 5.23. The quantitative estimate of drug-likeness (QED) is 0.850. The lowest BCUT2D eigenvalue weighted by Gasteiger charge is -2.26. The number of amides is 1. The Morgan fingerprint density at radius 2 is 2.15 bits per heavy atom. The molecule has 1 atom stereocenters. The van der Waals surface area contributed by atoms with Gasteiger partial charge in [-0.25, -0.2) is 4.39 Å². The average Bonchev–Trinajstić information content (AvgIpc) is 2.98. The smallest absolute Gasteiger partial charge is 0.253 e. The number of rotatable bonds is 5. The summed E-state index contributed by atoms with van der Waals surface area (Å²) in [5, 5.41) is 2.43. The second kappa shape index (κ2) is 6.81. The van der Waals surface area contributed by atoms with Gasteiger partial charge in [-0.2, -0.15) is 0 Å². The van der Waals surface area contributed by atoms with Crippen LogP contribution in [-0.2, 0) is 6.42 Å². The fourth-order valence-electron chi connectivity index (χ4n) is 2.74. The highest BCUT2D eigenvalue weighted by molar-refractivity contribution is 5.94. The molecule has 0 bridgehead atoms. The number of nitrogens with one attached hydrogen (secondary N) is 1. The SMILES string of the molecule is CNC(=O)c1ccc(C[C@@H](CN)N2CCCC2)cc1F. The molecular weight excluding hydrogens is 257 g/mol. The normalized spacial score (nSPS) is 17.1. The highest BCUT2D eigenvalue weighted by atomic mass is 19.1. The van der Waals surface area contributed by atoms with Gasteiger partial charge in [0, 0.05) is 19.6 Å². The summed E-state index contributed by atoms with van der Waals surface area (Å²) in [6, 6.07) is 5.05. The Hall–Kier alpha value is -1.46. The minimum absolute atomic E-state index is 0.0849. The highest BCUT2D eigenvalue weighted by Gasteiger charge is 2.21. The standard InChI is InChI=1S/C15H22FN3O/c1-18-15(20)13-5-4-11(9-14(13)16)8-12(10-17)19-6-2-3-7-19/h4-5,9,12H,2-3,6-8,10,17H2,1H3,(H,18,20)/t12-/m0/s1. The fourth-order valence-corrected chi connectivity index (χ4v) is 2.74. The lowest BCUT2D eigenvalue weighted by molar-refractivity contribution is 0.0959. The first-order valence-corrected chi connectivity index (χ1v) is 7.10. The summed E-state index contributed by atoms with van der Waals surface area (Å²) in [7, 11) is 1.49. The van der Waals surface area contributed by atoms with Crippen LogP contribution in [0.25, 0.3) is 0 Å². The van der Waals surface area contributed by atoms with E-state index in [0.717, 1.165) is 25.1 Å². The van der Waals surface area contributed by atoms with Crippen LogP contribution in [0.2, 0.25) is 0 Å². The van der Waals surface area contributed by atoms with Crippen LogP contribution in [0.4, 0.5) is 4.39 Å². The molecule has 4 nitrogen and oxygen atoms in total. The Bertz CT molecular complexity index is 472. The molecule has 20 heavy (non-hydrogen) atoms. The van der Waals surface area contributed by atoms with Gasteiger partial charge in [-0.15, -0.1) is 0 Å². The number of likely N-dealkylation sites (tertiary alicyclic amines) is 1. The van der Waals surface area contributed by atoms with Crippen LogP contribution >= 0.6 is 0 Å². The zero-order valence-electron chi connectivity index (χ0n) is 11.9. The van der Waals surface area contributed by atoms with Gasteiger partial charge < -0.3 is 11.1 Å². The van der Waals surface area contributed by atoms with Gasteiger partial charge in [0.25, 0.3) is 5.91 Å². The molecule has 0 aromatic heterocycles. The zero-order chi connectivity index (χ0) is 14.5. The van der Waals surface area contributed by atoms with Crippen molar-refractivity contribution >= 4 is 5.91 Å². The predicted octanol–water partition coefficient (Wildman–Crippen LogP) is 1.15. The van der Waals surface area contributed by atoms with Crippen LogP contribution in [-0.4, -0.2) is 43.5 Å². The van der Waals surface area contributed by atoms with E-state index in [2.05, 4.69) is 10.2 Å². The van der Waals surface area contributed by atoms with Crippen LogP contribution in [0.5, 0.6) is 0 Å². The molecule has 1 fully saturated rings. The van der Waals surface area contributed by atoms with Crippen LogP contribution in [0.15, 0.2) is 18.2 Å². The van der Waals surface area contributed by atoms with Crippen LogP contribution in [0, 0.1) is 5.82 Å². The number of carbonyl (C=O) groups is 1. The molecule has 110 valence electrons. The molecule has 1 saturated heterocycles. The van der Waals surface area contributed by atoms with Crippen molar-refractivity contribution in [2.24, 2.45) is 5.73 Å². The number of benzene rings is 1. The van der Waals surface area contributed by atoms with Crippen molar-refractivity contribution in [1.82, 2.24) is 10.2 Å². The largest absolute Gasteiger partial charge is 0.355 e. The van der Waals surface area contributed by atoms with E-state index in [-0.39, 0.29) is 11.6 Å². The number of hydrogen-bond acceptors (Lipinski definition) is 3. The maximum atomic E-state index is 13.9. The van der Waals surface area contributed by atoms with Crippen LogP contribution < -0.4 is 11.1 Å². The summed E-state index contributed by atoms with van der Waals surface area (Å²) in [5.41, 5.74) is 6.81. The number of carbonyl (C=O) groups excluding carboxylic acids is 1. The van der Waals surface area contributed by atoms with Crippen molar-refractivity contribution in [1.29, 1.82) is 0 Å². The van der Waals surface area contributed by atoms with Gasteiger partial charge in [-0.1, -0.05) is 6.07 Å². The van der Waals surface area contributed by atoms with E-state index in [0.29, 0.717) is 6.54 Å². The summed E-state index contributed by atoms with van der Waals surface area (Å²) < 4.78 is 13.9. The molecule has 0 spiro atoms. The first-order chi connectivity index (χ1) is 9.65. The molecule has 1 aliphatic rings. The van der Waals surface area contributed by atoms with Gasteiger partial charge in [-0.3, -0.25) is 9.69 Å². The van der Waals surface area contributed by atoms with Gasteiger partial charge in [-0.05, 0) is 50.0 Å². The van der Waals surface area contributed by atoms with E-state index >= 15 is 0 Å². The molecule has 0 aliphatic carbocycles. The number of nitrogens with two attached hydrogens (primary N) is 1. The second-order valence-electron chi connectivity index (χ2n) is 5.23. The number of hydrogen-bond donors (Lipinski definition) is 2. The lowest BCUT2D eigenvalue weighted by Crippen LogP contribution is -2.40. The molecule has 2 rings (SSSR count). The van der Waals surface area contributed by atoms with Crippen molar-refractivity contribution in [3.8, 4) is 0 Å². The third-order valence-corrected chi connectivity index (χ3v) is 3.91. The third-order valence-electron chi connectivity index (χ3n) is 3.91. The maximum Gasteiger partial charge on any atom is 0.253 e. The Kier molecular flexibility index (Phi) is 5.09. The molecule has 0 radical (unpaired) electrons. The summed E-state index contributed by atoms with van der Waals surface area (Å²) in [6.07, 6.45) is 3.14. The molecular formula is C15H22FN3O. The van der Waals surface area contributed by atoms with E-state index in [1.165, 1.54) is 26.0 Å². The first-order valence-electron chi connectivity index (χ1n) is 7.10.